The van der Waals surface area contributed by atoms with Crippen molar-refractivity contribution in [1.82, 2.24) is 29.9 Å². The molecule has 1 saturated heterocycles. The van der Waals surface area contributed by atoms with Gasteiger partial charge in [-0.1, -0.05) is 13.8 Å². The van der Waals surface area contributed by atoms with Crippen LogP contribution >= 0.6 is 0 Å². The van der Waals surface area contributed by atoms with Crippen molar-refractivity contribution in [3.8, 4) is 22.8 Å². The van der Waals surface area contributed by atoms with Gasteiger partial charge in [0.1, 0.15) is 0 Å². The summed E-state index contributed by atoms with van der Waals surface area (Å²) in [7, 11) is 1.41. The van der Waals surface area contributed by atoms with Crippen LogP contribution in [0.1, 0.15) is 37.9 Å². The van der Waals surface area contributed by atoms with Crippen LogP contribution in [0.3, 0.4) is 0 Å². The number of methoxy groups -OCH3 is 1. The Morgan fingerprint density at radius 1 is 1.26 bits per heavy atom. The van der Waals surface area contributed by atoms with E-state index < -0.39 is 5.82 Å². The van der Waals surface area contributed by atoms with Gasteiger partial charge in [0.15, 0.2) is 5.82 Å². The van der Waals surface area contributed by atoms with Crippen LogP contribution in [0.4, 0.5) is 4.39 Å². The monoisotopic (exact) mass is 468 g/mol. The number of pyridine rings is 1. The second-order valence-corrected chi connectivity index (χ2v) is 9.63. The summed E-state index contributed by atoms with van der Waals surface area (Å²) >= 11 is 0. The third-order valence-electron chi connectivity index (χ3n) is 7.00. The van der Waals surface area contributed by atoms with E-state index in [2.05, 4.69) is 40.1 Å². The van der Waals surface area contributed by atoms with E-state index in [4.69, 9.17) is 14.6 Å². The van der Waals surface area contributed by atoms with Crippen LogP contribution in [0.2, 0.25) is 0 Å². The first-order valence-corrected chi connectivity index (χ1v) is 12.2. The van der Waals surface area contributed by atoms with Crippen LogP contribution in [0, 0.1) is 17.7 Å². The molecule has 34 heavy (non-hydrogen) atoms. The van der Waals surface area contributed by atoms with E-state index in [0.717, 1.165) is 48.4 Å². The fourth-order valence-corrected chi connectivity index (χ4v) is 5.13. The standard InChI is InChI=1S/C25H33FN6O2/c1-16(2)22-10-17(4-7-27-22)14-31-15-18(12-29-31)24-20-5-8-34-9-6-23(20)32(30-24)19-11-21(26)25(33-3)28-13-19/h11-13,15-17,22,27H,4-10,14H2,1-3H3/t17-,22?/m0/s1. The van der Waals surface area contributed by atoms with Crippen LogP contribution in [0.15, 0.2) is 24.7 Å². The van der Waals surface area contributed by atoms with Crippen molar-refractivity contribution in [3.63, 3.8) is 0 Å². The second kappa shape index (κ2) is 9.84. The van der Waals surface area contributed by atoms with Crippen molar-refractivity contribution in [3.05, 3.63) is 41.7 Å². The molecule has 1 N–H and O–H groups in total. The summed E-state index contributed by atoms with van der Waals surface area (Å²) in [5.74, 6) is 0.710. The number of rotatable bonds is 6. The largest absolute Gasteiger partial charge is 0.479 e. The van der Waals surface area contributed by atoms with Crippen LogP contribution < -0.4 is 10.1 Å². The molecule has 9 heteroatoms. The number of fused-ring (bicyclic) bond motifs is 1. The Kier molecular flexibility index (Phi) is 6.65. The number of hydrogen-bond donors (Lipinski definition) is 1. The summed E-state index contributed by atoms with van der Waals surface area (Å²) in [5, 5.41) is 13.2. The zero-order valence-corrected chi connectivity index (χ0v) is 20.1. The smallest absolute Gasteiger partial charge is 0.250 e. The fourth-order valence-electron chi connectivity index (χ4n) is 5.13. The maximum absolute atomic E-state index is 14.4. The molecule has 3 aromatic heterocycles. The molecule has 3 aromatic rings. The predicted molar refractivity (Wildman–Crippen MR) is 127 cm³/mol. The molecule has 0 aliphatic carbocycles. The van der Waals surface area contributed by atoms with Crippen LogP contribution in [0.25, 0.3) is 16.9 Å². The first kappa shape index (κ1) is 23.0. The Bertz CT molecular complexity index is 1140. The van der Waals surface area contributed by atoms with Crippen LogP contribution in [-0.4, -0.2) is 57.5 Å². The molecule has 0 radical (unpaired) electrons. The third-order valence-corrected chi connectivity index (χ3v) is 7.00. The molecule has 5 rings (SSSR count). The van der Waals surface area contributed by atoms with Gasteiger partial charge in [-0.25, -0.2) is 14.1 Å². The highest BCUT2D eigenvalue weighted by Gasteiger charge is 2.26. The topological polar surface area (TPSA) is 79.0 Å². The predicted octanol–water partition coefficient (Wildman–Crippen LogP) is 3.42. The molecule has 2 atom stereocenters. The molecule has 5 heterocycles. The van der Waals surface area contributed by atoms with E-state index in [0.29, 0.717) is 43.2 Å². The summed E-state index contributed by atoms with van der Waals surface area (Å²) < 4.78 is 29.0. The highest BCUT2D eigenvalue weighted by atomic mass is 19.1. The van der Waals surface area contributed by atoms with Crippen LogP contribution in [-0.2, 0) is 24.1 Å². The highest BCUT2D eigenvalue weighted by molar-refractivity contribution is 5.64. The lowest BCUT2D eigenvalue weighted by Gasteiger charge is -2.32. The van der Waals surface area contributed by atoms with E-state index >= 15 is 0 Å². The minimum absolute atomic E-state index is 0.0237. The lowest BCUT2D eigenvalue weighted by Crippen LogP contribution is -2.42. The minimum Gasteiger partial charge on any atom is -0.479 e. The first-order valence-electron chi connectivity index (χ1n) is 12.2. The summed E-state index contributed by atoms with van der Waals surface area (Å²) in [5.41, 5.74) is 4.60. The van der Waals surface area contributed by atoms with Gasteiger partial charge in [-0.05, 0) is 37.6 Å². The van der Waals surface area contributed by atoms with E-state index in [1.807, 2.05) is 6.20 Å². The van der Waals surface area contributed by atoms with Gasteiger partial charge in [0.2, 0.25) is 5.88 Å². The van der Waals surface area contributed by atoms with Crippen molar-refractivity contribution >= 4 is 0 Å². The quantitative estimate of drug-likeness (QED) is 0.597. The Balaban J connectivity index is 1.44. The molecular weight excluding hydrogens is 435 g/mol. The first-order chi connectivity index (χ1) is 16.5. The number of nitrogens with one attached hydrogen (secondary N) is 1. The summed E-state index contributed by atoms with van der Waals surface area (Å²) in [6.45, 7) is 7.78. The normalized spacial score (nSPS) is 20.9. The molecule has 0 saturated carbocycles. The molecule has 0 bridgehead atoms. The number of ether oxygens (including phenoxy) is 2. The second-order valence-electron chi connectivity index (χ2n) is 9.63. The van der Waals surface area contributed by atoms with E-state index in [1.54, 1.807) is 10.9 Å². The summed E-state index contributed by atoms with van der Waals surface area (Å²) in [4.78, 5) is 4.10. The van der Waals surface area contributed by atoms with Crippen molar-refractivity contribution in [2.45, 2.75) is 52.1 Å². The van der Waals surface area contributed by atoms with Crippen LogP contribution in [0.5, 0.6) is 5.88 Å². The molecule has 0 amide bonds. The SMILES string of the molecule is COc1ncc(-n2nc(-c3cnn(C[C@H]4CCNC(C(C)C)C4)c3)c3c2CCOCC3)cc1F. The summed E-state index contributed by atoms with van der Waals surface area (Å²) in [6, 6.07) is 1.99. The van der Waals surface area contributed by atoms with Gasteiger partial charge in [-0.15, -0.1) is 0 Å². The Morgan fingerprint density at radius 3 is 2.91 bits per heavy atom. The fraction of sp³-hybridized carbons (Fsp3) is 0.560. The Labute approximate surface area is 199 Å². The molecule has 2 aliphatic rings. The number of piperidine rings is 1. The minimum atomic E-state index is -0.509. The molecule has 2 aliphatic heterocycles. The van der Waals surface area contributed by atoms with Crippen molar-refractivity contribution < 1.29 is 13.9 Å². The number of nitrogens with zero attached hydrogens (tertiary/aromatic N) is 5. The average molecular weight is 469 g/mol. The Morgan fingerprint density at radius 2 is 2.12 bits per heavy atom. The molecule has 0 aromatic carbocycles. The zero-order valence-electron chi connectivity index (χ0n) is 20.1. The van der Waals surface area contributed by atoms with Crippen molar-refractivity contribution in [2.24, 2.45) is 11.8 Å². The van der Waals surface area contributed by atoms with Gasteiger partial charge in [-0.3, -0.25) is 4.68 Å². The van der Waals surface area contributed by atoms with Crippen molar-refractivity contribution in [2.75, 3.05) is 26.9 Å². The summed E-state index contributed by atoms with van der Waals surface area (Å²) in [6.07, 6.45) is 9.38. The number of halogens is 1. The van der Waals surface area contributed by atoms with Gasteiger partial charge in [0.05, 0.1) is 49.8 Å². The van der Waals surface area contributed by atoms with E-state index in [1.165, 1.54) is 19.6 Å². The number of hydrogen-bond acceptors (Lipinski definition) is 6. The highest BCUT2D eigenvalue weighted by Crippen LogP contribution is 2.31. The molecule has 1 fully saturated rings. The number of aromatic nitrogens is 5. The van der Waals surface area contributed by atoms with Crippen molar-refractivity contribution in [1.29, 1.82) is 0 Å². The molecule has 1 unspecified atom stereocenters. The lowest BCUT2D eigenvalue weighted by molar-refractivity contribution is 0.145. The van der Waals surface area contributed by atoms with E-state index in [9.17, 15) is 4.39 Å². The third kappa shape index (κ3) is 4.59. The van der Waals surface area contributed by atoms with E-state index in [-0.39, 0.29) is 5.88 Å². The Hall–Kier alpha value is -2.78. The zero-order chi connectivity index (χ0) is 23.7. The van der Waals surface area contributed by atoms with Gasteiger partial charge < -0.3 is 14.8 Å². The average Bonchev–Trinajstić information content (AvgIpc) is 3.35. The molecule has 182 valence electrons. The van der Waals surface area contributed by atoms with Gasteiger partial charge in [-0.2, -0.15) is 10.2 Å². The lowest BCUT2D eigenvalue weighted by atomic mass is 9.87. The molecule has 0 spiro atoms. The molecular formula is C25H33FN6O2. The maximum Gasteiger partial charge on any atom is 0.250 e. The van der Waals surface area contributed by atoms with Gasteiger partial charge in [0, 0.05) is 42.4 Å². The maximum atomic E-state index is 14.4. The van der Waals surface area contributed by atoms with Gasteiger partial charge in [0.25, 0.3) is 0 Å². The van der Waals surface area contributed by atoms with Gasteiger partial charge >= 0.3 is 0 Å². The molecule has 8 nitrogen and oxygen atoms in total.